The first-order valence-corrected chi connectivity index (χ1v) is 9.87. The van der Waals surface area contributed by atoms with Gasteiger partial charge in [-0.3, -0.25) is 9.59 Å². The third-order valence-electron chi connectivity index (χ3n) is 4.32. The summed E-state index contributed by atoms with van der Waals surface area (Å²) >= 11 is 1.31. The summed E-state index contributed by atoms with van der Waals surface area (Å²) in [5, 5.41) is 15.1. The zero-order valence-corrected chi connectivity index (χ0v) is 15.9. The van der Waals surface area contributed by atoms with E-state index in [1.165, 1.54) is 24.2 Å². The lowest BCUT2D eigenvalue weighted by Crippen LogP contribution is -2.32. The lowest BCUT2D eigenvalue weighted by atomic mass is 10.1. The van der Waals surface area contributed by atoms with Crippen LogP contribution in [0.5, 0.6) is 0 Å². The van der Waals surface area contributed by atoms with Gasteiger partial charge in [0.1, 0.15) is 5.01 Å². The van der Waals surface area contributed by atoms with Gasteiger partial charge >= 0.3 is 0 Å². The average Bonchev–Trinajstić information content (AvgIpc) is 3.26. The molecule has 1 aliphatic rings. The van der Waals surface area contributed by atoms with Crippen molar-refractivity contribution in [1.29, 1.82) is 0 Å². The Morgan fingerprint density at radius 2 is 1.96 bits per heavy atom. The molecule has 0 saturated heterocycles. The van der Waals surface area contributed by atoms with E-state index in [1.54, 1.807) is 24.3 Å². The SMILES string of the molecule is CC(C)Cc1nnc(C(=O)Nc2cccc(C(=O)NC3CCCC3)c2)s1. The number of nitrogens with one attached hydrogen (secondary N) is 2. The number of benzene rings is 1. The van der Waals surface area contributed by atoms with Crippen LogP contribution in [0.4, 0.5) is 5.69 Å². The molecule has 1 heterocycles. The van der Waals surface area contributed by atoms with Crippen LogP contribution >= 0.6 is 11.3 Å². The van der Waals surface area contributed by atoms with E-state index < -0.39 is 0 Å². The molecule has 0 atom stereocenters. The summed E-state index contributed by atoms with van der Waals surface area (Å²) in [5.74, 6) is 0.0721. The van der Waals surface area contributed by atoms with Crippen molar-refractivity contribution < 1.29 is 9.59 Å². The van der Waals surface area contributed by atoms with Crippen molar-refractivity contribution in [1.82, 2.24) is 15.5 Å². The molecule has 1 aromatic heterocycles. The van der Waals surface area contributed by atoms with Crippen LogP contribution in [0, 0.1) is 5.92 Å². The summed E-state index contributed by atoms with van der Waals surface area (Å²) in [7, 11) is 0. The van der Waals surface area contributed by atoms with Crippen molar-refractivity contribution in [2.24, 2.45) is 5.92 Å². The Bertz CT molecular complexity index is 781. The molecule has 26 heavy (non-hydrogen) atoms. The minimum absolute atomic E-state index is 0.0943. The second-order valence-electron chi connectivity index (χ2n) is 7.09. The quantitative estimate of drug-likeness (QED) is 0.810. The fourth-order valence-electron chi connectivity index (χ4n) is 3.04. The Hall–Kier alpha value is -2.28. The van der Waals surface area contributed by atoms with Gasteiger partial charge in [0, 0.05) is 23.7 Å². The van der Waals surface area contributed by atoms with Gasteiger partial charge in [-0.15, -0.1) is 10.2 Å². The van der Waals surface area contributed by atoms with Crippen LogP contribution in [0.3, 0.4) is 0 Å². The summed E-state index contributed by atoms with van der Waals surface area (Å²) in [4.78, 5) is 24.7. The van der Waals surface area contributed by atoms with E-state index in [0.29, 0.717) is 22.2 Å². The number of nitrogens with zero attached hydrogens (tertiary/aromatic N) is 2. The lowest BCUT2D eigenvalue weighted by molar-refractivity contribution is 0.0936. The molecule has 1 aliphatic carbocycles. The molecule has 2 aromatic rings. The summed E-state index contributed by atoms with van der Waals surface area (Å²) < 4.78 is 0. The van der Waals surface area contributed by atoms with Crippen LogP contribution in [-0.4, -0.2) is 28.1 Å². The van der Waals surface area contributed by atoms with Crippen molar-refractivity contribution in [2.45, 2.75) is 52.0 Å². The predicted octanol–water partition coefficient (Wildman–Crippen LogP) is 3.66. The molecule has 2 N–H and O–H groups in total. The third-order valence-corrected chi connectivity index (χ3v) is 5.26. The van der Waals surface area contributed by atoms with E-state index in [2.05, 4.69) is 34.7 Å². The molecule has 6 nitrogen and oxygen atoms in total. The summed E-state index contributed by atoms with van der Waals surface area (Å²) in [6.45, 7) is 4.20. The summed E-state index contributed by atoms with van der Waals surface area (Å²) in [5.41, 5.74) is 1.13. The standard InChI is InChI=1S/C19H24N4O2S/c1-12(2)10-16-22-23-19(26-16)18(25)21-15-9-5-6-13(11-15)17(24)20-14-7-3-4-8-14/h5-6,9,11-12,14H,3-4,7-8,10H2,1-2H3,(H,20,24)(H,21,25). The number of anilines is 1. The first-order valence-electron chi connectivity index (χ1n) is 9.06. The van der Waals surface area contributed by atoms with Crippen molar-refractivity contribution >= 4 is 28.8 Å². The van der Waals surface area contributed by atoms with Crippen LogP contribution in [0.15, 0.2) is 24.3 Å². The van der Waals surface area contributed by atoms with E-state index in [4.69, 9.17) is 0 Å². The molecular formula is C19H24N4O2S. The second kappa shape index (κ2) is 8.40. The molecule has 0 spiro atoms. The van der Waals surface area contributed by atoms with Crippen LogP contribution in [0.25, 0.3) is 0 Å². The lowest BCUT2D eigenvalue weighted by Gasteiger charge is -2.12. The van der Waals surface area contributed by atoms with Gasteiger partial charge in [-0.25, -0.2) is 0 Å². The first kappa shape index (κ1) is 18.5. The highest BCUT2D eigenvalue weighted by atomic mass is 32.1. The van der Waals surface area contributed by atoms with E-state index >= 15 is 0 Å². The molecule has 138 valence electrons. The maximum atomic E-state index is 12.4. The van der Waals surface area contributed by atoms with Crippen LogP contribution in [0.1, 0.15) is 64.7 Å². The highest BCUT2D eigenvalue weighted by molar-refractivity contribution is 7.13. The molecule has 1 saturated carbocycles. The van der Waals surface area contributed by atoms with Crippen molar-refractivity contribution in [2.75, 3.05) is 5.32 Å². The maximum Gasteiger partial charge on any atom is 0.286 e. The smallest absolute Gasteiger partial charge is 0.286 e. The fourth-order valence-corrected chi connectivity index (χ4v) is 3.99. The number of hydrogen-bond donors (Lipinski definition) is 2. The minimum atomic E-state index is -0.300. The van der Waals surface area contributed by atoms with Gasteiger partial charge in [-0.2, -0.15) is 0 Å². The van der Waals surface area contributed by atoms with Crippen LogP contribution in [0.2, 0.25) is 0 Å². The Balaban J connectivity index is 1.63. The van der Waals surface area contributed by atoms with Gasteiger partial charge in [-0.1, -0.05) is 44.1 Å². The molecule has 1 fully saturated rings. The summed E-state index contributed by atoms with van der Waals surface area (Å²) in [6, 6.07) is 7.25. The molecule has 0 unspecified atom stereocenters. The normalized spacial score (nSPS) is 14.6. The number of amides is 2. The van der Waals surface area contributed by atoms with Gasteiger partial charge < -0.3 is 10.6 Å². The Morgan fingerprint density at radius 3 is 2.69 bits per heavy atom. The second-order valence-corrected chi connectivity index (χ2v) is 8.15. The zero-order chi connectivity index (χ0) is 18.5. The van der Waals surface area contributed by atoms with Crippen molar-refractivity contribution in [3.05, 3.63) is 39.8 Å². The van der Waals surface area contributed by atoms with Gasteiger partial charge in [-0.05, 0) is 37.0 Å². The number of carbonyl (C=O) groups is 2. The minimum Gasteiger partial charge on any atom is -0.349 e. The third kappa shape index (κ3) is 4.88. The number of hydrogen-bond acceptors (Lipinski definition) is 5. The molecule has 0 radical (unpaired) electrons. The van der Waals surface area contributed by atoms with E-state index in [0.717, 1.165) is 24.3 Å². The van der Waals surface area contributed by atoms with Crippen molar-refractivity contribution in [3.8, 4) is 0 Å². The Labute approximate surface area is 157 Å². The van der Waals surface area contributed by atoms with E-state index in [1.807, 2.05) is 0 Å². The molecule has 0 bridgehead atoms. The van der Waals surface area contributed by atoms with Gasteiger partial charge in [0.25, 0.3) is 11.8 Å². The topological polar surface area (TPSA) is 84.0 Å². The molecule has 0 aliphatic heterocycles. The van der Waals surface area contributed by atoms with Crippen LogP contribution in [-0.2, 0) is 6.42 Å². The molecular weight excluding hydrogens is 348 g/mol. The number of rotatable bonds is 6. The molecule has 7 heteroatoms. The van der Waals surface area contributed by atoms with E-state index in [-0.39, 0.29) is 17.9 Å². The summed E-state index contributed by atoms with van der Waals surface area (Å²) in [6.07, 6.45) is 5.22. The Morgan fingerprint density at radius 1 is 1.19 bits per heavy atom. The van der Waals surface area contributed by atoms with Crippen molar-refractivity contribution in [3.63, 3.8) is 0 Å². The number of aromatic nitrogens is 2. The maximum absolute atomic E-state index is 12.4. The molecule has 1 aromatic carbocycles. The average molecular weight is 372 g/mol. The fraction of sp³-hybridized carbons (Fsp3) is 0.474. The zero-order valence-electron chi connectivity index (χ0n) is 15.1. The largest absolute Gasteiger partial charge is 0.349 e. The van der Waals surface area contributed by atoms with Gasteiger partial charge in [0.15, 0.2) is 0 Å². The molecule has 3 rings (SSSR count). The highest BCUT2D eigenvalue weighted by Gasteiger charge is 2.19. The van der Waals surface area contributed by atoms with E-state index in [9.17, 15) is 9.59 Å². The highest BCUT2D eigenvalue weighted by Crippen LogP contribution is 2.19. The predicted molar refractivity (Wildman–Crippen MR) is 103 cm³/mol. The first-order chi connectivity index (χ1) is 12.5. The Kier molecular flexibility index (Phi) is 5.98. The molecule has 2 amide bonds. The number of carbonyl (C=O) groups excluding carboxylic acids is 2. The monoisotopic (exact) mass is 372 g/mol. The van der Waals surface area contributed by atoms with Gasteiger partial charge in [0.2, 0.25) is 5.01 Å². The van der Waals surface area contributed by atoms with Gasteiger partial charge in [0.05, 0.1) is 0 Å². The van der Waals surface area contributed by atoms with Crippen LogP contribution < -0.4 is 10.6 Å².